The molecule has 2 aliphatic rings. The summed E-state index contributed by atoms with van der Waals surface area (Å²) in [5.41, 5.74) is 1.07. The maximum absolute atomic E-state index is 12.9. The van der Waals surface area contributed by atoms with E-state index in [1.54, 1.807) is 49.6 Å². The summed E-state index contributed by atoms with van der Waals surface area (Å²) in [6.07, 6.45) is 2.49. The number of benzene rings is 2. The highest BCUT2D eigenvalue weighted by Crippen LogP contribution is 2.34. The molecule has 0 atom stereocenters. The van der Waals surface area contributed by atoms with Gasteiger partial charge in [-0.3, -0.25) is 14.6 Å². The van der Waals surface area contributed by atoms with Gasteiger partial charge in [0.25, 0.3) is 5.91 Å². The first-order valence-electron chi connectivity index (χ1n) is 10.00. The van der Waals surface area contributed by atoms with Gasteiger partial charge in [0.2, 0.25) is 0 Å². The number of halogens is 1. The second-order valence-electron chi connectivity index (χ2n) is 7.31. The Morgan fingerprint density at radius 2 is 1.67 bits per heavy atom. The molecule has 0 saturated carbocycles. The Morgan fingerprint density at radius 3 is 2.37 bits per heavy atom. The first-order chi connectivity index (χ1) is 14.6. The Labute approximate surface area is 180 Å². The molecule has 0 aliphatic carbocycles. The fraction of sp³-hybridized carbons (Fsp3) is 0.364. The summed E-state index contributed by atoms with van der Waals surface area (Å²) >= 11 is 5.91. The minimum absolute atomic E-state index is 0.0419. The molecule has 3 amide bonds. The molecule has 8 heteroatoms. The summed E-state index contributed by atoms with van der Waals surface area (Å²) in [6, 6.07) is 11.5. The van der Waals surface area contributed by atoms with Crippen LogP contribution in [0.1, 0.15) is 12.8 Å². The highest BCUT2D eigenvalue weighted by molar-refractivity contribution is 6.31. The van der Waals surface area contributed by atoms with Gasteiger partial charge >= 0.3 is 6.03 Å². The number of hydrogen-bond acceptors (Lipinski definition) is 5. The van der Waals surface area contributed by atoms with Gasteiger partial charge in [-0.15, -0.1) is 0 Å². The standard InChI is InChI=1S/C22H24ClN3O4/c1-29-20-14-18(8-9-19(20)30-13-12-24-10-2-3-11-24)25-15-21(27)26(22(25)28)17-6-4-16(23)5-7-17/h4-9,14H,2-3,10-13,15H2,1H3. The Balaban J connectivity index is 1.47. The van der Waals surface area contributed by atoms with Gasteiger partial charge in [-0.05, 0) is 62.3 Å². The van der Waals surface area contributed by atoms with Crippen molar-refractivity contribution < 1.29 is 19.1 Å². The van der Waals surface area contributed by atoms with E-state index in [0.29, 0.717) is 34.5 Å². The first kappa shape index (κ1) is 20.5. The predicted molar refractivity (Wildman–Crippen MR) is 116 cm³/mol. The Morgan fingerprint density at radius 1 is 0.967 bits per heavy atom. The molecule has 2 aliphatic heterocycles. The van der Waals surface area contributed by atoms with Crippen LogP contribution in [0.3, 0.4) is 0 Å². The van der Waals surface area contributed by atoms with Crippen molar-refractivity contribution in [3.05, 3.63) is 47.5 Å². The van der Waals surface area contributed by atoms with Gasteiger partial charge in [-0.25, -0.2) is 9.69 Å². The summed E-state index contributed by atoms with van der Waals surface area (Å²) in [6.45, 7) is 3.64. The lowest BCUT2D eigenvalue weighted by Crippen LogP contribution is -2.32. The monoisotopic (exact) mass is 429 g/mol. The van der Waals surface area contributed by atoms with Gasteiger partial charge < -0.3 is 9.47 Å². The molecule has 2 aromatic rings. The molecule has 0 N–H and O–H groups in total. The Bertz CT molecular complexity index is 928. The lowest BCUT2D eigenvalue weighted by molar-refractivity contribution is -0.115. The summed E-state index contributed by atoms with van der Waals surface area (Å²) in [7, 11) is 1.56. The van der Waals surface area contributed by atoms with Crippen molar-refractivity contribution in [2.75, 3.05) is 49.7 Å². The highest BCUT2D eigenvalue weighted by Gasteiger charge is 2.38. The summed E-state index contributed by atoms with van der Waals surface area (Å²) in [5, 5.41) is 0.541. The molecule has 2 aromatic carbocycles. The first-order valence-corrected chi connectivity index (χ1v) is 10.4. The lowest BCUT2D eigenvalue weighted by Gasteiger charge is -2.20. The molecule has 4 rings (SSSR count). The van der Waals surface area contributed by atoms with Gasteiger partial charge in [0.15, 0.2) is 11.5 Å². The van der Waals surface area contributed by atoms with Crippen LogP contribution >= 0.6 is 11.6 Å². The van der Waals surface area contributed by atoms with Gasteiger partial charge in [0, 0.05) is 23.3 Å². The molecule has 0 bridgehead atoms. The van der Waals surface area contributed by atoms with Crippen LogP contribution in [0.5, 0.6) is 11.5 Å². The van der Waals surface area contributed by atoms with E-state index in [1.165, 1.54) is 17.7 Å². The summed E-state index contributed by atoms with van der Waals surface area (Å²) < 4.78 is 11.4. The fourth-order valence-electron chi connectivity index (χ4n) is 3.78. The minimum Gasteiger partial charge on any atom is -0.493 e. The zero-order chi connectivity index (χ0) is 21.1. The zero-order valence-electron chi connectivity index (χ0n) is 16.8. The number of anilines is 2. The third-order valence-electron chi connectivity index (χ3n) is 5.37. The Kier molecular flexibility index (Phi) is 6.11. The van der Waals surface area contributed by atoms with E-state index in [-0.39, 0.29) is 12.5 Å². The molecular formula is C22H24ClN3O4. The number of hydrogen-bond donors (Lipinski definition) is 0. The number of methoxy groups -OCH3 is 1. The third-order valence-corrected chi connectivity index (χ3v) is 5.62. The van der Waals surface area contributed by atoms with Crippen molar-refractivity contribution in [3.8, 4) is 11.5 Å². The van der Waals surface area contributed by atoms with E-state index in [2.05, 4.69) is 4.90 Å². The summed E-state index contributed by atoms with van der Waals surface area (Å²) in [5.74, 6) is 0.847. The van der Waals surface area contributed by atoms with Crippen molar-refractivity contribution in [2.24, 2.45) is 0 Å². The average Bonchev–Trinajstić information content (AvgIpc) is 3.37. The normalized spacial score (nSPS) is 17.1. The number of carbonyl (C=O) groups excluding carboxylic acids is 2. The molecule has 0 radical (unpaired) electrons. The van der Waals surface area contributed by atoms with Crippen molar-refractivity contribution in [1.82, 2.24) is 4.90 Å². The van der Waals surface area contributed by atoms with E-state index in [4.69, 9.17) is 21.1 Å². The molecule has 2 heterocycles. The van der Waals surface area contributed by atoms with E-state index in [1.807, 2.05) is 0 Å². The smallest absolute Gasteiger partial charge is 0.336 e. The summed E-state index contributed by atoms with van der Waals surface area (Å²) in [4.78, 5) is 30.4. The molecular weight excluding hydrogens is 406 g/mol. The molecule has 0 aromatic heterocycles. The van der Waals surface area contributed by atoms with E-state index < -0.39 is 6.03 Å². The van der Waals surface area contributed by atoms with E-state index >= 15 is 0 Å². The molecule has 30 heavy (non-hydrogen) atoms. The van der Waals surface area contributed by atoms with Crippen molar-refractivity contribution in [1.29, 1.82) is 0 Å². The van der Waals surface area contributed by atoms with Gasteiger partial charge in [-0.2, -0.15) is 0 Å². The van der Waals surface area contributed by atoms with Crippen LogP contribution in [-0.4, -0.2) is 56.7 Å². The van der Waals surface area contributed by atoms with Crippen molar-refractivity contribution in [2.45, 2.75) is 12.8 Å². The highest BCUT2D eigenvalue weighted by atomic mass is 35.5. The van der Waals surface area contributed by atoms with Crippen molar-refractivity contribution >= 4 is 34.9 Å². The largest absolute Gasteiger partial charge is 0.493 e. The number of imide groups is 1. The number of urea groups is 1. The number of carbonyl (C=O) groups is 2. The topological polar surface area (TPSA) is 62.3 Å². The number of likely N-dealkylation sites (tertiary alicyclic amines) is 1. The molecule has 7 nitrogen and oxygen atoms in total. The predicted octanol–water partition coefficient (Wildman–Crippen LogP) is 3.80. The zero-order valence-corrected chi connectivity index (χ0v) is 17.6. The van der Waals surface area contributed by atoms with Crippen LogP contribution in [0.25, 0.3) is 0 Å². The molecule has 158 valence electrons. The van der Waals surface area contributed by atoms with Crippen LogP contribution in [0.4, 0.5) is 16.2 Å². The molecule has 2 saturated heterocycles. The second-order valence-corrected chi connectivity index (χ2v) is 7.74. The van der Waals surface area contributed by atoms with Crippen LogP contribution in [-0.2, 0) is 4.79 Å². The van der Waals surface area contributed by atoms with Crippen LogP contribution < -0.4 is 19.3 Å². The molecule has 2 fully saturated rings. The lowest BCUT2D eigenvalue weighted by atomic mass is 10.2. The van der Waals surface area contributed by atoms with Gasteiger partial charge in [-0.1, -0.05) is 11.6 Å². The number of rotatable bonds is 7. The number of ether oxygens (including phenoxy) is 2. The van der Waals surface area contributed by atoms with Crippen LogP contribution in [0, 0.1) is 0 Å². The third kappa shape index (κ3) is 4.22. The SMILES string of the molecule is COc1cc(N2CC(=O)N(c3ccc(Cl)cc3)C2=O)ccc1OCCN1CCCC1. The van der Waals surface area contributed by atoms with Crippen LogP contribution in [0.2, 0.25) is 5.02 Å². The average molecular weight is 430 g/mol. The van der Waals surface area contributed by atoms with E-state index in [9.17, 15) is 9.59 Å². The molecule has 0 spiro atoms. The number of nitrogens with zero attached hydrogens (tertiary/aromatic N) is 3. The number of amides is 3. The molecule has 0 unspecified atom stereocenters. The fourth-order valence-corrected chi connectivity index (χ4v) is 3.91. The van der Waals surface area contributed by atoms with Crippen molar-refractivity contribution in [3.63, 3.8) is 0 Å². The second kappa shape index (κ2) is 8.93. The van der Waals surface area contributed by atoms with Gasteiger partial charge in [0.05, 0.1) is 12.8 Å². The minimum atomic E-state index is -0.410. The maximum atomic E-state index is 12.9. The van der Waals surface area contributed by atoms with Gasteiger partial charge in [0.1, 0.15) is 13.2 Å². The Hall–Kier alpha value is -2.77. The van der Waals surface area contributed by atoms with Crippen LogP contribution in [0.15, 0.2) is 42.5 Å². The quantitative estimate of drug-likeness (QED) is 0.626. The maximum Gasteiger partial charge on any atom is 0.336 e. The van der Waals surface area contributed by atoms with E-state index in [0.717, 1.165) is 24.5 Å².